The first-order valence-corrected chi connectivity index (χ1v) is 10.9. The lowest BCUT2D eigenvalue weighted by Crippen LogP contribution is -2.25. The summed E-state index contributed by atoms with van der Waals surface area (Å²) < 4.78 is 7.21. The van der Waals surface area contributed by atoms with E-state index >= 15 is 0 Å². The minimum Gasteiger partial charge on any atom is -0.497 e. The number of aromatic nitrogens is 4. The molecule has 3 aromatic rings. The van der Waals surface area contributed by atoms with Gasteiger partial charge in [0.2, 0.25) is 5.91 Å². The minimum atomic E-state index is -0.291. The van der Waals surface area contributed by atoms with Gasteiger partial charge in [-0.1, -0.05) is 36.9 Å². The third kappa shape index (κ3) is 5.45. The monoisotopic (exact) mass is 429 g/mol. The minimum absolute atomic E-state index is 0.0858. The van der Waals surface area contributed by atoms with E-state index in [-0.39, 0.29) is 11.2 Å². The Bertz CT molecular complexity index is 938. The van der Waals surface area contributed by atoms with Crippen LogP contribution in [0.15, 0.2) is 53.7 Å². The molecule has 0 aliphatic carbocycles. The molecule has 0 saturated heterocycles. The molecule has 0 saturated carbocycles. The number of ether oxygens (including phenoxy) is 1. The summed E-state index contributed by atoms with van der Waals surface area (Å²) in [6.07, 6.45) is 4.77. The molecular formula is C20H23N5O2S2. The fourth-order valence-corrected chi connectivity index (χ4v) is 4.21. The quantitative estimate of drug-likeness (QED) is 0.387. The van der Waals surface area contributed by atoms with E-state index in [2.05, 4.69) is 27.1 Å². The third-order valence-corrected chi connectivity index (χ3v) is 6.23. The number of carbonyl (C=O) groups is 1. The smallest absolute Gasteiger partial charge is 0.239 e. The topological polar surface area (TPSA) is 81.9 Å². The van der Waals surface area contributed by atoms with Crippen molar-refractivity contribution in [1.82, 2.24) is 19.7 Å². The number of benzene rings is 1. The summed E-state index contributed by atoms with van der Waals surface area (Å²) in [6, 6.07) is 7.87. The van der Waals surface area contributed by atoms with E-state index in [4.69, 9.17) is 4.74 Å². The van der Waals surface area contributed by atoms with Crippen molar-refractivity contribution in [3.8, 4) is 5.75 Å². The molecular weight excluding hydrogens is 406 g/mol. The average Bonchev–Trinajstić information content (AvgIpc) is 3.37. The first-order valence-electron chi connectivity index (χ1n) is 9.17. The summed E-state index contributed by atoms with van der Waals surface area (Å²) in [4.78, 5) is 16.7. The highest BCUT2D eigenvalue weighted by Crippen LogP contribution is 2.27. The number of allylic oxidation sites excluding steroid dienone is 1. The van der Waals surface area contributed by atoms with Crippen LogP contribution in [0.5, 0.6) is 5.75 Å². The number of nitrogens with zero attached hydrogens (tertiary/aromatic N) is 4. The van der Waals surface area contributed by atoms with Gasteiger partial charge in [-0.3, -0.25) is 4.79 Å². The number of thiazole rings is 1. The largest absolute Gasteiger partial charge is 0.497 e. The lowest BCUT2D eigenvalue weighted by molar-refractivity contribution is -0.115. The molecule has 0 bridgehead atoms. The molecule has 7 nitrogen and oxygen atoms in total. The van der Waals surface area contributed by atoms with Gasteiger partial charge in [0, 0.05) is 24.5 Å². The molecule has 0 spiro atoms. The molecule has 3 rings (SSSR count). The van der Waals surface area contributed by atoms with Gasteiger partial charge >= 0.3 is 0 Å². The number of carbonyl (C=O) groups excluding carboxylic acids is 1. The van der Waals surface area contributed by atoms with Gasteiger partial charge in [-0.05, 0) is 24.1 Å². The second kappa shape index (κ2) is 10.2. The number of anilines is 1. The number of amides is 1. The molecule has 1 amide bonds. The van der Waals surface area contributed by atoms with Crippen LogP contribution in [0.1, 0.15) is 24.7 Å². The molecule has 0 aliphatic heterocycles. The van der Waals surface area contributed by atoms with Crippen molar-refractivity contribution in [2.75, 3.05) is 12.4 Å². The summed E-state index contributed by atoms with van der Waals surface area (Å²) in [5.41, 5.74) is 1.11. The highest BCUT2D eigenvalue weighted by atomic mass is 32.2. The second-order valence-corrected chi connectivity index (χ2v) is 8.23. The highest BCUT2D eigenvalue weighted by molar-refractivity contribution is 8.00. The molecule has 1 aromatic carbocycles. The average molecular weight is 430 g/mol. The maximum atomic E-state index is 12.6. The molecule has 29 heavy (non-hydrogen) atoms. The maximum absolute atomic E-state index is 12.6. The van der Waals surface area contributed by atoms with Crippen molar-refractivity contribution >= 4 is 34.1 Å². The second-order valence-electron chi connectivity index (χ2n) is 6.16. The van der Waals surface area contributed by atoms with Gasteiger partial charge in [0.05, 0.1) is 12.4 Å². The summed E-state index contributed by atoms with van der Waals surface area (Å²) >= 11 is 2.81. The fraction of sp³-hybridized carbons (Fsp3) is 0.300. The van der Waals surface area contributed by atoms with Crippen LogP contribution in [0.2, 0.25) is 0 Å². The Morgan fingerprint density at radius 2 is 2.17 bits per heavy atom. The Labute approximate surface area is 178 Å². The predicted molar refractivity (Wildman–Crippen MR) is 117 cm³/mol. The standard InChI is InChI=1S/C20H23N5O2S2/c1-4-11-25-17(13-14-6-8-15(27-3)9-7-14)23-24-20(25)29-16(5-2)18(26)22-19-21-10-12-28-19/h4,6-10,12,16H,1,5,11,13H2,2-3H3,(H,21,22,26). The first-order chi connectivity index (χ1) is 14.1. The molecule has 0 aliphatic rings. The summed E-state index contributed by atoms with van der Waals surface area (Å²) in [6.45, 7) is 6.40. The van der Waals surface area contributed by atoms with Gasteiger partial charge in [-0.25, -0.2) is 4.98 Å². The molecule has 2 heterocycles. The van der Waals surface area contributed by atoms with Crippen LogP contribution in [0, 0.1) is 0 Å². The van der Waals surface area contributed by atoms with Crippen LogP contribution >= 0.6 is 23.1 Å². The van der Waals surface area contributed by atoms with Gasteiger partial charge in [0.15, 0.2) is 10.3 Å². The molecule has 9 heteroatoms. The molecule has 0 radical (unpaired) electrons. The van der Waals surface area contributed by atoms with Crippen LogP contribution in [0.25, 0.3) is 0 Å². The van der Waals surface area contributed by atoms with E-state index in [1.807, 2.05) is 47.2 Å². The molecule has 152 valence electrons. The van der Waals surface area contributed by atoms with Crippen LogP contribution in [-0.4, -0.2) is 38.0 Å². The fourth-order valence-electron chi connectivity index (χ4n) is 2.70. The Morgan fingerprint density at radius 3 is 2.79 bits per heavy atom. The zero-order valence-electron chi connectivity index (χ0n) is 16.4. The predicted octanol–water partition coefficient (Wildman–Crippen LogP) is 4.03. The summed E-state index contributed by atoms with van der Waals surface area (Å²) in [5.74, 6) is 1.56. The first kappa shape index (κ1) is 21.1. The molecule has 1 N–H and O–H groups in total. The zero-order chi connectivity index (χ0) is 20.6. The normalized spacial score (nSPS) is 11.8. The van der Waals surface area contributed by atoms with Crippen molar-refractivity contribution in [2.45, 2.75) is 36.7 Å². The van der Waals surface area contributed by atoms with E-state index in [1.54, 1.807) is 13.3 Å². The van der Waals surface area contributed by atoms with Crippen molar-refractivity contribution < 1.29 is 9.53 Å². The SMILES string of the molecule is C=CCn1c(Cc2ccc(OC)cc2)nnc1SC(CC)C(=O)Nc1nccs1. The van der Waals surface area contributed by atoms with Gasteiger partial charge in [-0.15, -0.1) is 28.1 Å². The van der Waals surface area contributed by atoms with Crippen LogP contribution in [-0.2, 0) is 17.8 Å². The Kier molecular flexibility index (Phi) is 7.42. The number of rotatable bonds is 10. The maximum Gasteiger partial charge on any atom is 0.239 e. The highest BCUT2D eigenvalue weighted by Gasteiger charge is 2.23. The number of thioether (sulfide) groups is 1. The Hall–Kier alpha value is -2.65. The molecule has 0 fully saturated rings. The summed E-state index contributed by atoms with van der Waals surface area (Å²) in [7, 11) is 1.65. The van der Waals surface area contributed by atoms with Crippen molar-refractivity contribution in [2.24, 2.45) is 0 Å². The van der Waals surface area contributed by atoms with Gasteiger partial charge in [0.25, 0.3) is 0 Å². The van der Waals surface area contributed by atoms with E-state index < -0.39 is 0 Å². The number of hydrogen-bond acceptors (Lipinski definition) is 7. The number of methoxy groups -OCH3 is 1. The Morgan fingerprint density at radius 1 is 1.38 bits per heavy atom. The third-order valence-electron chi connectivity index (χ3n) is 4.20. The molecule has 1 unspecified atom stereocenters. The van der Waals surface area contributed by atoms with Crippen LogP contribution < -0.4 is 10.1 Å². The summed E-state index contributed by atoms with van der Waals surface area (Å²) in [5, 5.41) is 14.4. The van der Waals surface area contributed by atoms with E-state index in [0.29, 0.717) is 29.7 Å². The number of nitrogens with one attached hydrogen (secondary N) is 1. The number of hydrogen-bond donors (Lipinski definition) is 1. The molecule has 2 aromatic heterocycles. The van der Waals surface area contributed by atoms with Gasteiger partial charge in [-0.2, -0.15) is 0 Å². The van der Waals surface area contributed by atoms with Crippen molar-refractivity contribution in [1.29, 1.82) is 0 Å². The lowest BCUT2D eigenvalue weighted by atomic mass is 10.1. The molecule has 1 atom stereocenters. The van der Waals surface area contributed by atoms with Crippen molar-refractivity contribution in [3.05, 3.63) is 59.9 Å². The van der Waals surface area contributed by atoms with Crippen LogP contribution in [0.3, 0.4) is 0 Å². The van der Waals surface area contributed by atoms with Crippen molar-refractivity contribution in [3.63, 3.8) is 0 Å². The van der Waals surface area contributed by atoms with Gasteiger partial charge in [0.1, 0.15) is 11.6 Å². The Balaban J connectivity index is 1.75. The van der Waals surface area contributed by atoms with E-state index in [1.165, 1.54) is 23.1 Å². The zero-order valence-corrected chi connectivity index (χ0v) is 18.0. The van der Waals surface area contributed by atoms with Crippen LogP contribution in [0.4, 0.5) is 5.13 Å². The lowest BCUT2D eigenvalue weighted by Gasteiger charge is -2.14. The van der Waals surface area contributed by atoms with E-state index in [9.17, 15) is 4.79 Å². The van der Waals surface area contributed by atoms with Gasteiger partial charge < -0.3 is 14.6 Å². The van der Waals surface area contributed by atoms with E-state index in [0.717, 1.165) is 17.1 Å².